The predicted octanol–water partition coefficient (Wildman–Crippen LogP) is 2.97. The van der Waals surface area contributed by atoms with Crippen molar-refractivity contribution in [2.45, 2.75) is 19.4 Å². The van der Waals surface area contributed by atoms with Crippen molar-refractivity contribution in [3.63, 3.8) is 0 Å². The predicted molar refractivity (Wildman–Crippen MR) is 87.1 cm³/mol. The van der Waals surface area contributed by atoms with Crippen LogP contribution in [0.2, 0.25) is 5.02 Å². The van der Waals surface area contributed by atoms with Crippen LogP contribution in [0.15, 0.2) is 29.8 Å². The second-order valence-electron chi connectivity index (χ2n) is 4.49. The Bertz CT molecular complexity index is 471. The lowest BCUT2D eigenvalue weighted by Gasteiger charge is -2.16. The summed E-state index contributed by atoms with van der Waals surface area (Å²) in [4.78, 5) is 12.1. The van der Waals surface area contributed by atoms with Crippen LogP contribution in [0, 0.1) is 0 Å². The average molecular weight is 314 g/mol. The zero-order valence-electron chi connectivity index (χ0n) is 11.7. The summed E-state index contributed by atoms with van der Waals surface area (Å²) in [6, 6.07) is 7.38. The van der Waals surface area contributed by atoms with E-state index in [-0.39, 0.29) is 18.6 Å². The van der Waals surface area contributed by atoms with Gasteiger partial charge in [-0.05, 0) is 37.3 Å². The Balaban J connectivity index is 2.73. The van der Waals surface area contributed by atoms with Crippen LogP contribution in [0.4, 0.5) is 0 Å². The summed E-state index contributed by atoms with van der Waals surface area (Å²) in [5.74, 6) is 0.656. The van der Waals surface area contributed by atoms with Gasteiger partial charge >= 0.3 is 0 Å². The molecule has 110 valence electrons. The van der Waals surface area contributed by atoms with Crippen molar-refractivity contribution in [3.8, 4) is 0 Å². The fourth-order valence-electron chi connectivity index (χ4n) is 1.74. The zero-order chi connectivity index (χ0) is 15.0. The third kappa shape index (κ3) is 5.57. The summed E-state index contributed by atoms with van der Waals surface area (Å²) in [7, 11) is 0. The Morgan fingerprint density at radius 3 is 2.80 bits per heavy atom. The maximum Gasteiger partial charge on any atom is 0.247 e. The Hall–Kier alpha value is -0.970. The first-order chi connectivity index (χ1) is 9.58. The van der Waals surface area contributed by atoms with Gasteiger partial charge in [-0.1, -0.05) is 29.8 Å². The Morgan fingerprint density at radius 1 is 1.50 bits per heavy atom. The average Bonchev–Trinajstić information content (AvgIpc) is 2.41. The maximum atomic E-state index is 12.1. The molecule has 1 aromatic rings. The first kappa shape index (κ1) is 17.1. The van der Waals surface area contributed by atoms with Crippen molar-refractivity contribution in [3.05, 3.63) is 40.4 Å². The molecule has 1 aromatic carbocycles. The van der Waals surface area contributed by atoms with E-state index in [1.54, 1.807) is 30.8 Å². The van der Waals surface area contributed by atoms with Crippen molar-refractivity contribution >= 4 is 35.3 Å². The van der Waals surface area contributed by atoms with Crippen LogP contribution in [0.1, 0.15) is 18.9 Å². The highest BCUT2D eigenvalue weighted by molar-refractivity contribution is 7.98. The topological polar surface area (TPSA) is 49.3 Å². The maximum absolute atomic E-state index is 12.1. The summed E-state index contributed by atoms with van der Waals surface area (Å²) in [6.45, 7) is 1.83. The lowest BCUT2D eigenvalue weighted by atomic mass is 10.1. The number of carbonyl (C=O) groups is 1. The van der Waals surface area contributed by atoms with E-state index < -0.39 is 0 Å². The highest BCUT2D eigenvalue weighted by Gasteiger charge is 2.12. The Labute approximate surface area is 129 Å². The monoisotopic (exact) mass is 313 g/mol. The number of halogens is 1. The van der Waals surface area contributed by atoms with Crippen LogP contribution in [-0.4, -0.2) is 35.7 Å². The van der Waals surface area contributed by atoms with Gasteiger partial charge in [0.05, 0.1) is 0 Å². The highest BCUT2D eigenvalue weighted by atomic mass is 35.5. The molecule has 0 aliphatic rings. The molecule has 20 heavy (non-hydrogen) atoms. The van der Waals surface area contributed by atoms with Crippen LogP contribution in [0.25, 0.3) is 6.08 Å². The molecule has 0 fully saturated rings. The molecule has 0 saturated carbocycles. The molecule has 0 spiro atoms. The summed E-state index contributed by atoms with van der Waals surface area (Å²) >= 11 is 7.71. The number of hydrogen-bond acceptors (Lipinski definition) is 3. The lowest BCUT2D eigenvalue weighted by Crippen LogP contribution is -2.37. The van der Waals surface area contributed by atoms with Crippen molar-refractivity contribution in [1.82, 2.24) is 5.32 Å². The highest BCUT2D eigenvalue weighted by Crippen LogP contribution is 2.18. The molecule has 1 unspecified atom stereocenters. The van der Waals surface area contributed by atoms with E-state index in [9.17, 15) is 4.79 Å². The number of benzene rings is 1. The molecule has 1 atom stereocenters. The summed E-state index contributed by atoms with van der Waals surface area (Å²) in [5, 5.41) is 12.5. The van der Waals surface area contributed by atoms with Crippen LogP contribution < -0.4 is 5.32 Å². The van der Waals surface area contributed by atoms with Gasteiger partial charge in [-0.3, -0.25) is 4.79 Å². The molecule has 0 radical (unpaired) electrons. The minimum absolute atomic E-state index is 0.0166. The molecule has 1 amide bonds. The molecule has 0 bridgehead atoms. The zero-order valence-corrected chi connectivity index (χ0v) is 13.3. The van der Waals surface area contributed by atoms with Crippen molar-refractivity contribution < 1.29 is 9.90 Å². The first-order valence-electron chi connectivity index (χ1n) is 6.42. The smallest absolute Gasteiger partial charge is 0.247 e. The van der Waals surface area contributed by atoms with Crippen molar-refractivity contribution in [1.29, 1.82) is 0 Å². The number of rotatable bonds is 7. The van der Waals surface area contributed by atoms with Gasteiger partial charge in [0.25, 0.3) is 0 Å². The number of carbonyl (C=O) groups excluding carboxylic acids is 1. The Kier molecular flexibility index (Phi) is 7.73. The molecule has 0 heterocycles. The molecule has 0 aromatic heterocycles. The van der Waals surface area contributed by atoms with E-state index in [1.807, 2.05) is 24.5 Å². The van der Waals surface area contributed by atoms with Crippen LogP contribution >= 0.6 is 23.4 Å². The molecule has 0 saturated heterocycles. The molecule has 1 rings (SSSR count). The molecule has 0 aliphatic carbocycles. The van der Waals surface area contributed by atoms with Crippen LogP contribution in [0.3, 0.4) is 0 Å². The number of aliphatic hydroxyl groups is 1. The normalized spacial score (nSPS) is 13.1. The van der Waals surface area contributed by atoms with Gasteiger partial charge in [0, 0.05) is 29.0 Å². The molecular formula is C15H20ClNO2S. The van der Waals surface area contributed by atoms with E-state index in [1.165, 1.54) is 0 Å². The SMILES string of the molecule is CSCC(CCO)NC(=O)/C(C)=C/c1ccccc1Cl. The van der Waals surface area contributed by atoms with Crippen molar-refractivity contribution in [2.24, 2.45) is 0 Å². The fourth-order valence-corrected chi connectivity index (χ4v) is 2.59. The van der Waals surface area contributed by atoms with E-state index in [0.717, 1.165) is 11.3 Å². The van der Waals surface area contributed by atoms with Gasteiger partial charge in [0.2, 0.25) is 5.91 Å². The van der Waals surface area contributed by atoms with Crippen LogP contribution in [0.5, 0.6) is 0 Å². The van der Waals surface area contributed by atoms with Crippen molar-refractivity contribution in [2.75, 3.05) is 18.6 Å². The quantitative estimate of drug-likeness (QED) is 0.761. The number of hydrogen-bond donors (Lipinski definition) is 2. The minimum atomic E-state index is -0.127. The molecule has 5 heteroatoms. The number of amides is 1. The third-order valence-corrected chi connectivity index (χ3v) is 3.90. The summed E-state index contributed by atoms with van der Waals surface area (Å²) in [6.07, 6.45) is 4.31. The van der Waals surface area contributed by atoms with Gasteiger partial charge < -0.3 is 10.4 Å². The van der Waals surface area contributed by atoms with E-state index >= 15 is 0 Å². The first-order valence-corrected chi connectivity index (χ1v) is 8.19. The fraction of sp³-hybridized carbons (Fsp3) is 0.400. The summed E-state index contributed by atoms with van der Waals surface area (Å²) in [5.41, 5.74) is 1.42. The second-order valence-corrected chi connectivity index (χ2v) is 5.80. The number of thioether (sulfide) groups is 1. The third-order valence-electron chi connectivity index (χ3n) is 2.82. The van der Waals surface area contributed by atoms with E-state index in [2.05, 4.69) is 5.32 Å². The molecule has 0 aliphatic heterocycles. The lowest BCUT2D eigenvalue weighted by molar-refractivity contribution is -0.118. The van der Waals surface area contributed by atoms with Gasteiger partial charge in [-0.25, -0.2) is 0 Å². The van der Waals surface area contributed by atoms with Crippen LogP contribution in [-0.2, 0) is 4.79 Å². The molecule has 3 nitrogen and oxygen atoms in total. The van der Waals surface area contributed by atoms with E-state index in [4.69, 9.17) is 16.7 Å². The van der Waals surface area contributed by atoms with Gasteiger partial charge in [-0.15, -0.1) is 0 Å². The second kappa shape index (κ2) is 9.06. The van der Waals surface area contributed by atoms with Gasteiger partial charge in [0.1, 0.15) is 0 Å². The van der Waals surface area contributed by atoms with Gasteiger partial charge in [0.15, 0.2) is 0 Å². The van der Waals surface area contributed by atoms with Gasteiger partial charge in [-0.2, -0.15) is 11.8 Å². The standard InChI is InChI=1S/C15H20ClNO2S/c1-11(9-12-5-3-4-6-14(12)16)15(19)17-13(7-8-18)10-20-2/h3-6,9,13,18H,7-8,10H2,1-2H3,(H,17,19)/b11-9+. The molecule has 2 N–H and O–H groups in total. The van der Waals surface area contributed by atoms with E-state index in [0.29, 0.717) is 17.0 Å². The largest absolute Gasteiger partial charge is 0.396 e. The summed E-state index contributed by atoms with van der Waals surface area (Å²) < 4.78 is 0. The Morgan fingerprint density at radius 2 is 2.20 bits per heavy atom. The minimum Gasteiger partial charge on any atom is -0.396 e. The number of aliphatic hydroxyl groups excluding tert-OH is 1. The molecular weight excluding hydrogens is 294 g/mol. The number of nitrogens with one attached hydrogen (secondary N) is 1.